The average Bonchev–Trinajstić information content (AvgIpc) is 3.36. The topological polar surface area (TPSA) is 80.0 Å². The van der Waals surface area contributed by atoms with Gasteiger partial charge in [0.25, 0.3) is 6.43 Å². The third kappa shape index (κ3) is 4.85. The summed E-state index contributed by atoms with van der Waals surface area (Å²) in [5, 5.41) is 3.89. The van der Waals surface area contributed by atoms with Gasteiger partial charge in [-0.2, -0.15) is 18.3 Å². The Labute approximate surface area is 211 Å². The Morgan fingerprint density at radius 2 is 1.79 bits per heavy atom. The van der Waals surface area contributed by atoms with Gasteiger partial charge in [0, 0.05) is 49.3 Å². The molecular weight excluding hydrogens is 523 g/mol. The molecule has 15 heteroatoms. The molecule has 1 amide bonds. The van der Waals surface area contributed by atoms with E-state index in [-0.39, 0.29) is 17.8 Å². The fourth-order valence-corrected chi connectivity index (χ4v) is 5.47. The van der Waals surface area contributed by atoms with Crippen LogP contribution in [0.25, 0.3) is 11.2 Å². The van der Waals surface area contributed by atoms with Crippen LogP contribution < -0.4 is 9.80 Å². The molecule has 5 rings (SSSR count). The molecule has 2 aliphatic rings. The molecule has 3 aromatic rings. The normalized spacial score (nSPS) is 20.0. The predicted octanol–water partition coefficient (Wildman–Crippen LogP) is 4.55. The van der Waals surface area contributed by atoms with Crippen LogP contribution in [0.2, 0.25) is 0 Å². The molecule has 204 valence electrons. The zero-order valence-corrected chi connectivity index (χ0v) is 19.8. The van der Waals surface area contributed by atoms with E-state index >= 15 is 0 Å². The highest BCUT2D eigenvalue weighted by Crippen LogP contribution is 2.50. The Morgan fingerprint density at radius 3 is 2.45 bits per heavy atom. The summed E-state index contributed by atoms with van der Waals surface area (Å²) in [4.78, 5) is 27.9. The number of aromatic nitrogens is 5. The van der Waals surface area contributed by atoms with Gasteiger partial charge in [0.05, 0.1) is 12.4 Å². The summed E-state index contributed by atoms with van der Waals surface area (Å²) in [6.45, 7) is -0.0502. The summed E-state index contributed by atoms with van der Waals surface area (Å²) in [5.41, 5.74) is -1.70. The van der Waals surface area contributed by atoms with E-state index in [0.29, 0.717) is 43.3 Å². The monoisotopic (exact) mass is 545 g/mol. The van der Waals surface area contributed by atoms with Crippen LogP contribution in [0, 0.1) is 5.41 Å². The lowest BCUT2D eigenvalue weighted by Gasteiger charge is -2.44. The Balaban J connectivity index is 1.40. The van der Waals surface area contributed by atoms with E-state index in [9.17, 15) is 35.5 Å². The van der Waals surface area contributed by atoms with Crippen LogP contribution in [-0.4, -0.2) is 62.6 Å². The molecule has 2 fully saturated rings. The van der Waals surface area contributed by atoms with Gasteiger partial charge in [0.2, 0.25) is 12.3 Å². The molecule has 2 aliphatic heterocycles. The molecule has 3 aromatic heterocycles. The summed E-state index contributed by atoms with van der Waals surface area (Å²) in [6.07, 6.45) is -6.67. The van der Waals surface area contributed by atoms with Gasteiger partial charge in [-0.05, 0) is 25.0 Å². The first kappa shape index (κ1) is 26.1. The fourth-order valence-electron chi connectivity index (χ4n) is 5.47. The van der Waals surface area contributed by atoms with Crippen LogP contribution in [-0.2, 0) is 17.5 Å². The standard InChI is InChI=1S/C23H22F7N7O/c24-17(25)8-16-22(9-20(38)37(16)13-1-4-31-15(7-13)23(28,29)30)2-5-35(6-3-22)19-11-32-14-10-33-36(12-18(26)27)21(14)34-19/h1,4,7,10-11,16-18H,2-3,5-6,8-9,12H2. The molecule has 0 N–H and O–H groups in total. The number of nitrogens with zero attached hydrogens (tertiary/aromatic N) is 7. The maximum absolute atomic E-state index is 13.7. The Bertz CT molecular complexity index is 1320. The van der Waals surface area contributed by atoms with E-state index in [2.05, 4.69) is 20.1 Å². The second-order valence-electron chi connectivity index (χ2n) is 9.48. The summed E-state index contributed by atoms with van der Waals surface area (Å²) in [7, 11) is 0. The fraction of sp³-hybridized carbons (Fsp3) is 0.522. The van der Waals surface area contributed by atoms with Gasteiger partial charge in [-0.3, -0.25) is 9.78 Å². The van der Waals surface area contributed by atoms with Gasteiger partial charge < -0.3 is 9.80 Å². The number of pyridine rings is 1. The first-order valence-electron chi connectivity index (χ1n) is 11.8. The number of alkyl halides is 7. The van der Waals surface area contributed by atoms with E-state index in [0.717, 1.165) is 15.8 Å². The number of hydrogen-bond acceptors (Lipinski definition) is 6. The van der Waals surface area contributed by atoms with Crippen LogP contribution in [0.5, 0.6) is 0 Å². The number of halogens is 7. The van der Waals surface area contributed by atoms with Crippen LogP contribution >= 0.6 is 0 Å². The quantitative estimate of drug-likeness (QED) is 0.423. The summed E-state index contributed by atoms with van der Waals surface area (Å²) in [5.74, 6) is -0.139. The van der Waals surface area contributed by atoms with Crippen LogP contribution in [0.1, 0.15) is 31.4 Å². The highest BCUT2D eigenvalue weighted by Gasteiger charge is 2.54. The van der Waals surface area contributed by atoms with Gasteiger partial charge in [0.1, 0.15) is 23.6 Å². The highest BCUT2D eigenvalue weighted by molar-refractivity contribution is 5.97. The lowest BCUT2D eigenvalue weighted by Crippen LogP contribution is -2.48. The lowest BCUT2D eigenvalue weighted by atomic mass is 9.71. The maximum atomic E-state index is 13.7. The van der Waals surface area contributed by atoms with E-state index in [1.807, 2.05) is 4.90 Å². The molecule has 1 spiro atoms. The van der Waals surface area contributed by atoms with Gasteiger partial charge in [-0.15, -0.1) is 0 Å². The van der Waals surface area contributed by atoms with E-state index < -0.39 is 55.1 Å². The third-order valence-corrected chi connectivity index (χ3v) is 7.23. The van der Waals surface area contributed by atoms with E-state index in [1.54, 1.807) is 0 Å². The average molecular weight is 545 g/mol. The minimum atomic E-state index is -4.76. The number of fused-ring (bicyclic) bond motifs is 1. The van der Waals surface area contributed by atoms with Crippen molar-refractivity contribution in [1.82, 2.24) is 24.7 Å². The van der Waals surface area contributed by atoms with Crippen molar-refractivity contribution in [2.24, 2.45) is 5.41 Å². The lowest BCUT2D eigenvalue weighted by molar-refractivity contribution is -0.141. The molecule has 1 atom stereocenters. The summed E-state index contributed by atoms with van der Waals surface area (Å²) >= 11 is 0. The van der Waals surface area contributed by atoms with Crippen molar-refractivity contribution in [2.45, 2.75) is 57.3 Å². The Hall–Kier alpha value is -3.52. The number of carbonyl (C=O) groups is 1. The minimum absolute atomic E-state index is 0.0895. The smallest absolute Gasteiger partial charge is 0.355 e. The van der Waals surface area contributed by atoms with Crippen molar-refractivity contribution < 1.29 is 35.5 Å². The molecule has 0 bridgehead atoms. The van der Waals surface area contributed by atoms with Gasteiger partial charge in [-0.1, -0.05) is 0 Å². The van der Waals surface area contributed by atoms with Crippen LogP contribution in [0.4, 0.5) is 42.2 Å². The van der Waals surface area contributed by atoms with Crippen LogP contribution in [0.3, 0.4) is 0 Å². The molecule has 0 saturated carbocycles. The van der Waals surface area contributed by atoms with Crippen molar-refractivity contribution >= 4 is 28.6 Å². The molecule has 38 heavy (non-hydrogen) atoms. The largest absolute Gasteiger partial charge is 0.433 e. The number of anilines is 2. The van der Waals surface area contributed by atoms with Crippen LogP contribution in [0.15, 0.2) is 30.7 Å². The second-order valence-corrected chi connectivity index (χ2v) is 9.48. The van der Waals surface area contributed by atoms with Gasteiger partial charge >= 0.3 is 6.18 Å². The number of hydrogen-bond donors (Lipinski definition) is 0. The zero-order valence-electron chi connectivity index (χ0n) is 19.8. The summed E-state index contributed by atoms with van der Waals surface area (Å²) in [6, 6.07) is 0.909. The predicted molar refractivity (Wildman–Crippen MR) is 121 cm³/mol. The Kier molecular flexibility index (Phi) is 6.63. The first-order valence-corrected chi connectivity index (χ1v) is 11.8. The number of carbonyl (C=O) groups excluding carboxylic acids is 1. The van der Waals surface area contributed by atoms with Crippen molar-refractivity contribution in [3.8, 4) is 0 Å². The highest BCUT2D eigenvalue weighted by atomic mass is 19.4. The molecule has 0 aliphatic carbocycles. The van der Waals surface area contributed by atoms with Crippen molar-refractivity contribution in [2.75, 3.05) is 22.9 Å². The first-order chi connectivity index (χ1) is 18.0. The van der Waals surface area contributed by atoms with Gasteiger partial charge in [0.15, 0.2) is 5.65 Å². The van der Waals surface area contributed by atoms with E-state index in [4.69, 9.17) is 0 Å². The number of piperidine rings is 1. The van der Waals surface area contributed by atoms with Crippen molar-refractivity contribution in [3.63, 3.8) is 0 Å². The van der Waals surface area contributed by atoms with Crippen molar-refractivity contribution in [1.29, 1.82) is 0 Å². The summed E-state index contributed by atoms with van der Waals surface area (Å²) < 4.78 is 93.9. The minimum Gasteiger partial charge on any atom is -0.355 e. The SMILES string of the molecule is O=C1CC2(CCN(c3cnc4cnn(CC(F)F)c4n3)CC2)C(CC(F)F)N1c1ccnc(C(F)(F)F)c1. The van der Waals surface area contributed by atoms with Gasteiger partial charge in [-0.25, -0.2) is 32.2 Å². The molecule has 8 nitrogen and oxygen atoms in total. The molecule has 2 saturated heterocycles. The molecular formula is C23H22F7N7O. The molecule has 1 unspecified atom stereocenters. The van der Waals surface area contributed by atoms with Crippen molar-refractivity contribution in [3.05, 3.63) is 36.4 Å². The zero-order chi connectivity index (χ0) is 27.2. The van der Waals surface area contributed by atoms with E-state index in [1.165, 1.54) is 18.5 Å². The number of rotatable bonds is 6. The second kappa shape index (κ2) is 9.66. The maximum Gasteiger partial charge on any atom is 0.433 e. The molecule has 0 aromatic carbocycles. The third-order valence-electron chi connectivity index (χ3n) is 7.23. The Morgan fingerprint density at radius 1 is 1.05 bits per heavy atom. The molecule has 0 radical (unpaired) electrons. The number of amides is 1. The molecule has 5 heterocycles.